The standard InChI is InChI=1S/C19H28N2O3/c1-19(2,13-21-18(22)6-3-14-7-8-20-12-14)15-4-5-16-17(11-15)24-10-9-23-16/h4-5,11,14,20H,3,6-10,12-13H2,1-2H3,(H,21,22). The average molecular weight is 332 g/mol. The van der Waals surface area contributed by atoms with Crippen molar-refractivity contribution in [3.05, 3.63) is 23.8 Å². The van der Waals surface area contributed by atoms with Crippen LogP contribution in [-0.4, -0.2) is 38.8 Å². The molecule has 2 aliphatic heterocycles. The lowest BCUT2D eigenvalue weighted by Gasteiger charge is -2.28. The Morgan fingerprint density at radius 2 is 2.08 bits per heavy atom. The molecule has 0 aromatic heterocycles. The van der Waals surface area contributed by atoms with Gasteiger partial charge in [0, 0.05) is 18.4 Å². The van der Waals surface area contributed by atoms with Gasteiger partial charge in [0.05, 0.1) is 0 Å². The van der Waals surface area contributed by atoms with Gasteiger partial charge in [-0.25, -0.2) is 0 Å². The van der Waals surface area contributed by atoms with Crippen LogP contribution in [0.4, 0.5) is 0 Å². The first-order valence-corrected chi connectivity index (χ1v) is 8.92. The maximum absolute atomic E-state index is 12.1. The number of nitrogens with one attached hydrogen (secondary N) is 2. The Balaban J connectivity index is 1.52. The van der Waals surface area contributed by atoms with Crippen molar-refractivity contribution in [3.8, 4) is 11.5 Å². The number of fused-ring (bicyclic) bond motifs is 1. The molecule has 0 radical (unpaired) electrons. The summed E-state index contributed by atoms with van der Waals surface area (Å²) in [5.41, 5.74) is 0.993. The van der Waals surface area contributed by atoms with Crippen molar-refractivity contribution in [3.63, 3.8) is 0 Å². The number of rotatable bonds is 6. The Morgan fingerprint density at radius 3 is 2.83 bits per heavy atom. The van der Waals surface area contributed by atoms with E-state index in [1.54, 1.807) is 0 Å². The van der Waals surface area contributed by atoms with Crippen LogP contribution >= 0.6 is 0 Å². The van der Waals surface area contributed by atoms with Crippen molar-refractivity contribution in [2.24, 2.45) is 5.92 Å². The minimum Gasteiger partial charge on any atom is -0.486 e. The molecule has 1 amide bonds. The summed E-state index contributed by atoms with van der Waals surface area (Å²) in [5.74, 6) is 2.40. The summed E-state index contributed by atoms with van der Waals surface area (Å²) >= 11 is 0. The predicted molar refractivity (Wildman–Crippen MR) is 93.7 cm³/mol. The lowest BCUT2D eigenvalue weighted by molar-refractivity contribution is -0.121. The molecule has 5 nitrogen and oxygen atoms in total. The van der Waals surface area contributed by atoms with Crippen LogP contribution in [0.15, 0.2) is 18.2 Å². The van der Waals surface area contributed by atoms with Gasteiger partial charge in [-0.3, -0.25) is 4.79 Å². The molecule has 132 valence electrons. The van der Waals surface area contributed by atoms with Crippen molar-refractivity contribution in [1.29, 1.82) is 0 Å². The highest BCUT2D eigenvalue weighted by Gasteiger charge is 2.24. The molecule has 0 saturated carbocycles. The van der Waals surface area contributed by atoms with E-state index in [0.29, 0.717) is 32.1 Å². The van der Waals surface area contributed by atoms with Crippen LogP contribution < -0.4 is 20.1 Å². The van der Waals surface area contributed by atoms with Gasteiger partial charge in [-0.1, -0.05) is 19.9 Å². The molecule has 0 spiro atoms. The van der Waals surface area contributed by atoms with Crippen LogP contribution in [0.5, 0.6) is 11.5 Å². The van der Waals surface area contributed by atoms with Crippen LogP contribution in [0, 0.1) is 5.92 Å². The summed E-state index contributed by atoms with van der Waals surface area (Å²) < 4.78 is 11.2. The van der Waals surface area contributed by atoms with E-state index in [4.69, 9.17) is 9.47 Å². The van der Waals surface area contributed by atoms with E-state index in [2.05, 4.69) is 30.5 Å². The maximum Gasteiger partial charge on any atom is 0.220 e. The highest BCUT2D eigenvalue weighted by Crippen LogP contribution is 2.34. The van der Waals surface area contributed by atoms with Crippen molar-refractivity contribution >= 4 is 5.91 Å². The summed E-state index contributed by atoms with van der Waals surface area (Å²) in [6.07, 6.45) is 2.78. The summed E-state index contributed by atoms with van der Waals surface area (Å²) in [6, 6.07) is 6.05. The molecule has 1 aromatic carbocycles. The molecule has 3 rings (SSSR count). The summed E-state index contributed by atoms with van der Waals surface area (Å²) in [4.78, 5) is 12.1. The monoisotopic (exact) mass is 332 g/mol. The smallest absolute Gasteiger partial charge is 0.220 e. The number of hydrogen-bond donors (Lipinski definition) is 2. The third-order valence-corrected chi connectivity index (χ3v) is 4.99. The average Bonchev–Trinajstić information content (AvgIpc) is 3.11. The number of benzene rings is 1. The fourth-order valence-corrected chi connectivity index (χ4v) is 3.27. The lowest BCUT2D eigenvalue weighted by atomic mass is 9.84. The topological polar surface area (TPSA) is 59.6 Å². The first-order valence-electron chi connectivity index (χ1n) is 8.92. The molecule has 24 heavy (non-hydrogen) atoms. The number of ether oxygens (including phenoxy) is 2. The molecular formula is C19H28N2O3. The molecule has 5 heteroatoms. The number of hydrogen-bond acceptors (Lipinski definition) is 4. The Kier molecular flexibility index (Phi) is 5.29. The Labute approximate surface area is 144 Å². The predicted octanol–water partition coefficient (Wildman–Crippen LogP) is 2.24. The van der Waals surface area contributed by atoms with Crippen LogP contribution in [0.25, 0.3) is 0 Å². The highest BCUT2D eigenvalue weighted by atomic mass is 16.6. The molecular weight excluding hydrogens is 304 g/mol. The van der Waals surface area contributed by atoms with Crippen LogP contribution in [-0.2, 0) is 10.2 Å². The first kappa shape index (κ1) is 17.1. The van der Waals surface area contributed by atoms with E-state index < -0.39 is 0 Å². The van der Waals surface area contributed by atoms with E-state index in [-0.39, 0.29) is 11.3 Å². The molecule has 2 heterocycles. The first-order chi connectivity index (χ1) is 11.5. The van der Waals surface area contributed by atoms with Gasteiger partial charge in [-0.05, 0) is 49.5 Å². The van der Waals surface area contributed by atoms with Crippen LogP contribution in [0.1, 0.15) is 38.7 Å². The zero-order valence-electron chi connectivity index (χ0n) is 14.7. The van der Waals surface area contributed by atoms with Crippen molar-refractivity contribution in [1.82, 2.24) is 10.6 Å². The highest BCUT2D eigenvalue weighted by molar-refractivity contribution is 5.76. The Morgan fingerprint density at radius 1 is 1.29 bits per heavy atom. The minimum atomic E-state index is -0.152. The molecule has 0 bridgehead atoms. The maximum atomic E-state index is 12.1. The molecule has 0 aliphatic carbocycles. The number of amides is 1. The van der Waals surface area contributed by atoms with Crippen LogP contribution in [0.3, 0.4) is 0 Å². The zero-order chi connectivity index (χ0) is 17.0. The number of carbonyl (C=O) groups excluding carboxylic acids is 1. The second-order valence-electron chi connectivity index (χ2n) is 7.42. The molecule has 1 saturated heterocycles. The third kappa shape index (κ3) is 4.20. The molecule has 1 unspecified atom stereocenters. The van der Waals surface area contributed by atoms with Gasteiger partial charge in [-0.2, -0.15) is 0 Å². The van der Waals surface area contributed by atoms with E-state index in [0.717, 1.165) is 36.6 Å². The van der Waals surface area contributed by atoms with E-state index in [1.807, 2.05) is 12.1 Å². The molecule has 1 atom stereocenters. The van der Waals surface area contributed by atoms with E-state index in [9.17, 15) is 4.79 Å². The van der Waals surface area contributed by atoms with Crippen molar-refractivity contribution in [2.45, 2.75) is 38.5 Å². The number of carbonyl (C=O) groups is 1. The summed E-state index contributed by atoms with van der Waals surface area (Å²) in [7, 11) is 0. The summed E-state index contributed by atoms with van der Waals surface area (Å²) in [5, 5.41) is 6.44. The Bertz CT molecular complexity index is 580. The Hall–Kier alpha value is -1.75. The second-order valence-corrected chi connectivity index (χ2v) is 7.42. The quantitative estimate of drug-likeness (QED) is 0.839. The second kappa shape index (κ2) is 7.43. The van der Waals surface area contributed by atoms with Gasteiger partial charge in [-0.15, -0.1) is 0 Å². The molecule has 2 aliphatic rings. The van der Waals surface area contributed by atoms with Gasteiger partial charge < -0.3 is 20.1 Å². The van der Waals surface area contributed by atoms with Gasteiger partial charge in [0.1, 0.15) is 13.2 Å². The normalized spacial score (nSPS) is 20.0. The molecule has 1 aromatic rings. The SMILES string of the molecule is CC(C)(CNC(=O)CCC1CCNC1)c1ccc2c(c1)OCCO2. The van der Waals surface area contributed by atoms with Gasteiger partial charge in [0.15, 0.2) is 11.5 Å². The van der Waals surface area contributed by atoms with Gasteiger partial charge in [0.25, 0.3) is 0 Å². The van der Waals surface area contributed by atoms with E-state index >= 15 is 0 Å². The van der Waals surface area contributed by atoms with Gasteiger partial charge in [0.2, 0.25) is 5.91 Å². The molecule has 2 N–H and O–H groups in total. The molecule has 1 fully saturated rings. The fraction of sp³-hybridized carbons (Fsp3) is 0.632. The zero-order valence-corrected chi connectivity index (χ0v) is 14.7. The van der Waals surface area contributed by atoms with E-state index in [1.165, 1.54) is 6.42 Å². The lowest BCUT2D eigenvalue weighted by Crippen LogP contribution is -2.36. The third-order valence-electron chi connectivity index (χ3n) is 4.99. The van der Waals surface area contributed by atoms with Gasteiger partial charge >= 0.3 is 0 Å². The van der Waals surface area contributed by atoms with Crippen LogP contribution in [0.2, 0.25) is 0 Å². The minimum absolute atomic E-state index is 0.146. The van der Waals surface area contributed by atoms with Crippen molar-refractivity contribution in [2.75, 3.05) is 32.8 Å². The fourth-order valence-electron chi connectivity index (χ4n) is 3.27. The van der Waals surface area contributed by atoms with Crippen molar-refractivity contribution < 1.29 is 14.3 Å². The summed E-state index contributed by atoms with van der Waals surface area (Å²) in [6.45, 7) is 8.22. The largest absolute Gasteiger partial charge is 0.486 e.